The van der Waals surface area contributed by atoms with E-state index in [4.69, 9.17) is 23.2 Å². The van der Waals surface area contributed by atoms with Crippen LogP contribution in [-0.2, 0) is 4.79 Å². The molecule has 2 rings (SSSR count). The van der Waals surface area contributed by atoms with Crippen molar-refractivity contribution in [2.75, 3.05) is 11.1 Å². The maximum Gasteiger partial charge on any atom is 0.234 e. The van der Waals surface area contributed by atoms with Crippen LogP contribution in [0.1, 0.15) is 25.7 Å². The zero-order valence-electron chi connectivity index (χ0n) is 12.4. The first-order valence-electron chi connectivity index (χ1n) is 6.68. The zero-order chi connectivity index (χ0) is 16.3. The van der Waals surface area contributed by atoms with E-state index in [1.807, 2.05) is 25.3 Å². The number of carbonyl (C=O) groups excluding carboxylic acids is 1. The first-order valence-corrected chi connectivity index (χ1v) is 8.42. The highest BCUT2D eigenvalue weighted by Gasteiger charge is 2.14. The van der Waals surface area contributed by atoms with Gasteiger partial charge in [0.05, 0.1) is 21.5 Å². The predicted molar refractivity (Wildman–Crippen MR) is 91.0 cm³/mol. The first kappa shape index (κ1) is 17.1. The third kappa shape index (κ3) is 3.94. The molecule has 0 saturated heterocycles. The van der Waals surface area contributed by atoms with Crippen LogP contribution in [0.15, 0.2) is 23.4 Å². The number of carbonyl (C=O) groups is 1. The molecule has 1 aromatic carbocycles. The second kappa shape index (κ2) is 7.35. The molecule has 0 saturated carbocycles. The number of nitrogens with zero attached hydrogens (tertiary/aromatic N) is 3. The molecule has 0 fully saturated rings. The van der Waals surface area contributed by atoms with Crippen molar-refractivity contribution in [3.8, 4) is 0 Å². The van der Waals surface area contributed by atoms with Gasteiger partial charge in [-0.25, -0.2) is 0 Å². The van der Waals surface area contributed by atoms with Gasteiger partial charge in [0.2, 0.25) is 5.91 Å². The number of anilines is 1. The Labute approximate surface area is 143 Å². The highest BCUT2D eigenvalue weighted by atomic mass is 35.5. The van der Waals surface area contributed by atoms with Gasteiger partial charge in [0, 0.05) is 6.04 Å². The van der Waals surface area contributed by atoms with Crippen LogP contribution in [0.25, 0.3) is 0 Å². The Kier molecular flexibility index (Phi) is 5.72. The van der Waals surface area contributed by atoms with Crippen molar-refractivity contribution >= 4 is 46.6 Å². The lowest BCUT2D eigenvalue weighted by atomic mass is 10.3. The van der Waals surface area contributed by atoms with Gasteiger partial charge in [-0.15, -0.1) is 10.2 Å². The Bertz CT molecular complexity index is 687. The van der Waals surface area contributed by atoms with Crippen LogP contribution in [0.2, 0.25) is 10.0 Å². The smallest absolute Gasteiger partial charge is 0.234 e. The largest absolute Gasteiger partial charge is 0.324 e. The van der Waals surface area contributed by atoms with E-state index >= 15 is 0 Å². The van der Waals surface area contributed by atoms with Crippen LogP contribution in [0.3, 0.4) is 0 Å². The van der Waals surface area contributed by atoms with E-state index in [1.54, 1.807) is 18.2 Å². The maximum absolute atomic E-state index is 12.0. The summed E-state index contributed by atoms with van der Waals surface area (Å²) in [5.74, 6) is 0.870. The third-order valence-electron chi connectivity index (χ3n) is 2.91. The predicted octanol–water partition coefficient (Wildman–Crippen LogP) is 4.21. The molecule has 0 radical (unpaired) electrons. The minimum Gasteiger partial charge on any atom is -0.324 e. The fourth-order valence-electron chi connectivity index (χ4n) is 1.96. The fourth-order valence-corrected chi connectivity index (χ4v) is 3.22. The summed E-state index contributed by atoms with van der Waals surface area (Å²) in [5.41, 5.74) is 0.501. The number of aryl methyl sites for hydroxylation is 1. The fraction of sp³-hybridized carbons (Fsp3) is 0.357. The molecule has 1 N–H and O–H groups in total. The van der Waals surface area contributed by atoms with Gasteiger partial charge in [-0.3, -0.25) is 4.79 Å². The number of rotatable bonds is 5. The van der Waals surface area contributed by atoms with Crippen LogP contribution >= 0.6 is 35.0 Å². The second-order valence-electron chi connectivity index (χ2n) is 4.93. The average molecular weight is 359 g/mol. The molecule has 8 heteroatoms. The molecule has 5 nitrogen and oxygen atoms in total. The van der Waals surface area contributed by atoms with E-state index in [1.165, 1.54) is 11.8 Å². The first-order chi connectivity index (χ1) is 10.4. The molecule has 1 heterocycles. The Hall–Kier alpha value is -1.24. The monoisotopic (exact) mass is 358 g/mol. The number of aromatic nitrogens is 3. The molecule has 118 valence electrons. The zero-order valence-corrected chi connectivity index (χ0v) is 14.8. The van der Waals surface area contributed by atoms with Gasteiger partial charge in [0.1, 0.15) is 5.82 Å². The summed E-state index contributed by atoms with van der Waals surface area (Å²) in [5, 5.41) is 12.4. The molecular formula is C14H16Cl2N4OS. The van der Waals surface area contributed by atoms with Crippen molar-refractivity contribution in [3.63, 3.8) is 0 Å². The van der Waals surface area contributed by atoms with Crippen LogP contribution in [-0.4, -0.2) is 26.4 Å². The normalized spacial score (nSPS) is 11.0. The SMILES string of the molecule is Cc1nnc(SCC(=O)Nc2cccc(Cl)c2Cl)n1C(C)C. The number of hydrogen-bond acceptors (Lipinski definition) is 4. The highest BCUT2D eigenvalue weighted by molar-refractivity contribution is 7.99. The summed E-state index contributed by atoms with van der Waals surface area (Å²) in [6.45, 7) is 5.99. The topological polar surface area (TPSA) is 59.8 Å². The van der Waals surface area contributed by atoms with Gasteiger partial charge < -0.3 is 9.88 Å². The molecule has 1 amide bonds. The lowest BCUT2D eigenvalue weighted by molar-refractivity contribution is -0.113. The van der Waals surface area contributed by atoms with E-state index in [2.05, 4.69) is 15.5 Å². The van der Waals surface area contributed by atoms with Crippen molar-refractivity contribution < 1.29 is 4.79 Å². The van der Waals surface area contributed by atoms with Gasteiger partial charge in [0.15, 0.2) is 5.16 Å². The van der Waals surface area contributed by atoms with E-state index in [-0.39, 0.29) is 17.7 Å². The number of amides is 1. The Balaban J connectivity index is 2.00. The number of benzene rings is 1. The van der Waals surface area contributed by atoms with Gasteiger partial charge in [-0.2, -0.15) is 0 Å². The summed E-state index contributed by atoms with van der Waals surface area (Å²) in [6.07, 6.45) is 0. The Morgan fingerprint density at radius 2 is 2.09 bits per heavy atom. The second-order valence-corrected chi connectivity index (χ2v) is 6.66. The van der Waals surface area contributed by atoms with Crippen LogP contribution in [0.5, 0.6) is 0 Å². The summed E-state index contributed by atoms with van der Waals surface area (Å²) >= 11 is 13.3. The van der Waals surface area contributed by atoms with E-state index in [0.717, 1.165) is 11.0 Å². The van der Waals surface area contributed by atoms with Crippen LogP contribution in [0, 0.1) is 6.92 Å². The van der Waals surface area contributed by atoms with Crippen molar-refractivity contribution in [1.29, 1.82) is 0 Å². The average Bonchev–Trinajstić information content (AvgIpc) is 2.83. The van der Waals surface area contributed by atoms with E-state index in [0.29, 0.717) is 15.7 Å². The van der Waals surface area contributed by atoms with Gasteiger partial charge in [-0.1, -0.05) is 41.0 Å². The van der Waals surface area contributed by atoms with Crippen molar-refractivity contribution in [2.45, 2.75) is 32.0 Å². The van der Waals surface area contributed by atoms with E-state index < -0.39 is 0 Å². The molecule has 0 bridgehead atoms. The highest BCUT2D eigenvalue weighted by Crippen LogP contribution is 2.30. The maximum atomic E-state index is 12.0. The minimum absolute atomic E-state index is 0.176. The molecule has 0 aliphatic rings. The lowest BCUT2D eigenvalue weighted by Crippen LogP contribution is -2.15. The van der Waals surface area contributed by atoms with Gasteiger partial charge in [0.25, 0.3) is 0 Å². The third-order valence-corrected chi connectivity index (χ3v) is 4.67. The summed E-state index contributed by atoms with van der Waals surface area (Å²) < 4.78 is 1.99. The van der Waals surface area contributed by atoms with Crippen LogP contribution < -0.4 is 5.32 Å². The number of halogens is 2. The van der Waals surface area contributed by atoms with Crippen LogP contribution in [0.4, 0.5) is 5.69 Å². The molecule has 22 heavy (non-hydrogen) atoms. The quantitative estimate of drug-likeness (QED) is 0.813. The van der Waals surface area contributed by atoms with E-state index in [9.17, 15) is 4.79 Å². The molecule has 0 atom stereocenters. The Morgan fingerprint density at radius 3 is 2.77 bits per heavy atom. The summed E-state index contributed by atoms with van der Waals surface area (Å²) in [7, 11) is 0. The van der Waals surface area contributed by atoms with Crippen molar-refractivity contribution in [1.82, 2.24) is 14.8 Å². The van der Waals surface area contributed by atoms with Crippen molar-refractivity contribution in [2.24, 2.45) is 0 Å². The Morgan fingerprint density at radius 1 is 1.36 bits per heavy atom. The summed E-state index contributed by atoms with van der Waals surface area (Å²) in [4.78, 5) is 12.0. The van der Waals surface area contributed by atoms with Gasteiger partial charge in [-0.05, 0) is 32.9 Å². The number of hydrogen-bond donors (Lipinski definition) is 1. The molecular weight excluding hydrogens is 343 g/mol. The standard InChI is InChI=1S/C14H16Cl2N4OS/c1-8(2)20-9(3)18-19-14(20)22-7-12(21)17-11-6-4-5-10(15)13(11)16/h4-6,8H,7H2,1-3H3,(H,17,21). The number of nitrogens with one attached hydrogen (secondary N) is 1. The molecule has 1 aromatic heterocycles. The molecule has 0 aliphatic carbocycles. The molecule has 2 aromatic rings. The minimum atomic E-state index is -0.176. The lowest BCUT2D eigenvalue weighted by Gasteiger charge is -2.12. The van der Waals surface area contributed by atoms with Crippen molar-refractivity contribution in [3.05, 3.63) is 34.1 Å². The molecule has 0 aliphatic heterocycles. The molecule has 0 unspecified atom stereocenters. The van der Waals surface area contributed by atoms with Gasteiger partial charge >= 0.3 is 0 Å². The molecule has 0 spiro atoms. The number of thioether (sulfide) groups is 1. The summed E-state index contributed by atoms with van der Waals surface area (Å²) in [6, 6.07) is 5.35.